The molecule has 0 fully saturated rings. The maximum absolute atomic E-state index is 13.5. The first-order valence-corrected chi connectivity index (χ1v) is 12.6. The van der Waals surface area contributed by atoms with Gasteiger partial charge in [-0.05, 0) is 93.3 Å². The zero-order chi connectivity index (χ0) is 25.0. The highest BCUT2D eigenvalue weighted by Crippen LogP contribution is 2.27. The minimum atomic E-state index is -3.97. The maximum Gasteiger partial charge on any atom is 0.264 e. The Morgan fingerprint density at radius 2 is 1.50 bits per heavy atom. The third-order valence-corrected chi connectivity index (χ3v) is 7.77. The van der Waals surface area contributed by atoms with Gasteiger partial charge in [-0.2, -0.15) is 0 Å². The Labute approximate surface area is 202 Å². The summed E-state index contributed by atoms with van der Waals surface area (Å²) in [7, 11) is -2.43. The van der Waals surface area contributed by atoms with E-state index >= 15 is 0 Å². The average Bonchev–Trinajstić information content (AvgIpc) is 2.80. The molecule has 34 heavy (non-hydrogen) atoms. The quantitative estimate of drug-likeness (QED) is 0.492. The molecule has 180 valence electrons. The van der Waals surface area contributed by atoms with Crippen molar-refractivity contribution in [1.29, 1.82) is 0 Å². The SMILES string of the molecule is COc1ccc(N(CC(=O)N[C@H](C)c2cc(C)c(C)cc2C)S(=O)(=O)c2ccc(C)cc2)cc1. The zero-order valence-corrected chi connectivity index (χ0v) is 21.4. The van der Waals surface area contributed by atoms with E-state index in [1.807, 2.05) is 27.7 Å². The molecule has 0 spiro atoms. The number of carbonyl (C=O) groups is 1. The van der Waals surface area contributed by atoms with Crippen molar-refractivity contribution < 1.29 is 17.9 Å². The van der Waals surface area contributed by atoms with Gasteiger partial charge in [0.05, 0.1) is 23.7 Å². The van der Waals surface area contributed by atoms with E-state index < -0.39 is 15.9 Å². The molecule has 0 saturated heterocycles. The number of benzene rings is 3. The number of carbonyl (C=O) groups excluding carboxylic acids is 1. The number of nitrogens with one attached hydrogen (secondary N) is 1. The van der Waals surface area contributed by atoms with Gasteiger partial charge < -0.3 is 10.1 Å². The fourth-order valence-electron chi connectivity index (χ4n) is 3.85. The van der Waals surface area contributed by atoms with E-state index in [1.54, 1.807) is 55.6 Å². The molecule has 0 saturated carbocycles. The molecule has 3 aromatic carbocycles. The summed E-state index contributed by atoms with van der Waals surface area (Å²) in [5.74, 6) is 0.205. The van der Waals surface area contributed by atoms with Gasteiger partial charge in [0.2, 0.25) is 5.91 Å². The molecule has 0 aliphatic heterocycles. The van der Waals surface area contributed by atoms with Gasteiger partial charge in [0, 0.05) is 0 Å². The van der Waals surface area contributed by atoms with Crippen LogP contribution in [0.25, 0.3) is 0 Å². The lowest BCUT2D eigenvalue weighted by atomic mass is 9.96. The number of amides is 1. The summed E-state index contributed by atoms with van der Waals surface area (Å²) in [4.78, 5) is 13.2. The van der Waals surface area contributed by atoms with Gasteiger partial charge in [0.25, 0.3) is 10.0 Å². The van der Waals surface area contributed by atoms with E-state index in [-0.39, 0.29) is 17.5 Å². The Hall–Kier alpha value is -3.32. The first kappa shape index (κ1) is 25.3. The maximum atomic E-state index is 13.5. The summed E-state index contributed by atoms with van der Waals surface area (Å²) >= 11 is 0. The van der Waals surface area contributed by atoms with Crippen LogP contribution in [0, 0.1) is 27.7 Å². The van der Waals surface area contributed by atoms with Gasteiger partial charge in [-0.15, -0.1) is 0 Å². The molecular formula is C27H32N2O4S. The van der Waals surface area contributed by atoms with Crippen molar-refractivity contribution in [2.24, 2.45) is 0 Å². The third-order valence-electron chi connectivity index (χ3n) is 5.98. The van der Waals surface area contributed by atoms with Crippen LogP contribution in [0.1, 0.15) is 40.8 Å². The highest BCUT2D eigenvalue weighted by atomic mass is 32.2. The van der Waals surface area contributed by atoms with E-state index in [0.29, 0.717) is 11.4 Å². The second kappa shape index (κ2) is 10.3. The van der Waals surface area contributed by atoms with Gasteiger partial charge in [0.15, 0.2) is 0 Å². The predicted molar refractivity (Wildman–Crippen MR) is 136 cm³/mol. The molecule has 0 aliphatic carbocycles. The molecule has 1 N–H and O–H groups in total. The number of nitrogens with zero attached hydrogens (tertiary/aromatic N) is 1. The number of rotatable bonds is 8. The van der Waals surface area contributed by atoms with Crippen LogP contribution in [0.5, 0.6) is 5.75 Å². The van der Waals surface area contributed by atoms with E-state index in [2.05, 4.69) is 24.4 Å². The smallest absolute Gasteiger partial charge is 0.264 e. The molecule has 3 rings (SSSR count). The summed E-state index contributed by atoms with van der Waals surface area (Å²) in [5, 5.41) is 2.97. The molecule has 0 radical (unpaired) electrons. The minimum Gasteiger partial charge on any atom is -0.497 e. The number of methoxy groups -OCH3 is 1. The summed E-state index contributed by atoms with van der Waals surface area (Å²) in [5.41, 5.74) is 5.75. The van der Waals surface area contributed by atoms with E-state index in [0.717, 1.165) is 26.6 Å². The molecule has 0 unspecified atom stereocenters. The first-order chi connectivity index (χ1) is 16.0. The lowest BCUT2D eigenvalue weighted by Gasteiger charge is -2.26. The molecule has 0 heterocycles. The Bertz CT molecular complexity index is 1270. The Balaban J connectivity index is 1.91. The van der Waals surface area contributed by atoms with Gasteiger partial charge >= 0.3 is 0 Å². The van der Waals surface area contributed by atoms with Crippen molar-refractivity contribution in [1.82, 2.24) is 5.32 Å². The molecule has 0 bridgehead atoms. The Kier molecular flexibility index (Phi) is 7.67. The summed E-state index contributed by atoms with van der Waals surface area (Å²) in [6.45, 7) is 9.54. The lowest BCUT2D eigenvalue weighted by molar-refractivity contribution is -0.120. The first-order valence-electron chi connectivity index (χ1n) is 11.1. The van der Waals surface area contributed by atoms with Gasteiger partial charge in [-0.25, -0.2) is 8.42 Å². The molecule has 0 aromatic heterocycles. The second-order valence-corrected chi connectivity index (χ2v) is 10.5. The Morgan fingerprint density at radius 1 is 0.912 bits per heavy atom. The van der Waals surface area contributed by atoms with Crippen LogP contribution in [0.15, 0.2) is 65.6 Å². The fraction of sp³-hybridized carbons (Fsp3) is 0.296. The van der Waals surface area contributed by atoms with E-state index in [4.69, 9.17) is 4.74 Å². The number of hydrogen-bond acceptors (Lipinski definition) is 4. The highest BCUT2D eigenvalue weighted by Gasteiger charge is 2.28. The van der Waals surface area contributed by atoms with Crippen molar-refractivity contribution >= 4 is 21.6 Å². The molecule has 1 atom stereocenters. The number of ether oxygens (including phenoxy) is 1. The minimum absolute atomic E-state index is 0.125. The van der Waals surface area contributed by atoms with E-state index in [9.17, 15) is 13.2 Å². The largest absolute Gasteiger partial charge is 0.497 e. The van der Waals surface area contributed by atoms with Crippen molar-refractivity contribution in [2.75, 3.05) is 18.0 Å². The van der Waals surface area contributed by atoms with Crippen molar-refractivity contribution in [3.63, 3.8) is 0 Å². The topological polar surface area (TPSA) is 75.7 Å². The van der Waals surface area contributed by atoms with Crippen LogP contribution in [-0.4, -0.2) is 28.0 Å². The number of aryl methyl sites for hydroxylation is 4. The summed E-state index contributed by atoms with van der Waals surface area (Å²) in [6.07, 6.45) is 0. The molecule has 1 amide bonds. The van der Waals surface area contributed by atoms with Crippen LogP contribution in [0.4, 0.5) is 5.69 Å². The summed E-state index contributed by atoms with van der Waals surface area (Å²) < 4.78 is 33.4. The molecular weight excluding hydrogens is 448 g/mol. The van der Waals surface area contributed by atoms with Crippen LogP contribution in [-0.2, 0) is 14.8 Å². The summed E-state index contributed by atoms with van der Waals surface area (Å²) in [6, 6.07) is 17.1. The normalized spacial score (nSPS) is 12.2. The number of anilines is 1. The van der Waals surface area contributed by atoms with Crippen molar-refractivity contribution in [2.45, 2.75) is 45.6 Å². The van der Waals surface area contributed by atoms with Gasteiger partial charge in [-0.1, -0.05) is 29.8 Å². The number of sulfonamides is 1. The molecule has 7 heteroatoms. The van der Waals surface area contributed by atoms with Gasteiger partial charge in [0.1, 0.15) is 12.3 Å². The van der Waals surface area contributed by atoms with E-state index in [1.165, 1.54) is 5.56 Å². The van der Waals surface area contributed by atoms with Crippen molar-refractivity contribution in [3.8, 4) is 5.75 Å². The standard InChI is InChI=1S/C27H32N2O4S/c1-18-7-13-25(14-8-18)34(31,32)29(23-9-11-24(33-6)12-10-23)17-27(30)28-22(5)26-16-20(3)19(2)15-21(26)4/h7-16,22H,17H2,1-6H3,(H,28,30)/t22-/m1/s1. The number of hydrogen-bond donors (Lipinski definition) is 1. The van der Waals surface area contributed by atoms with Crippen LogP contribution in [0.2, 0.25) is 0 Å². The lowest BCUT2D eigenvalue weighted by Crippen LogP contribution is -2.41. The molecule has 3 aromatic rings. The second-order valence-electron chi connectivity index (χ2n) is 8.61. The monoisotopic (exact) mass is 480 g/mol. The molecule has 0 aliphatic rings. The van der Waals surface area contributed by atoms with Crippen molar-refractivity contribution in [3.05, 3.63) is 88.5 Å². The van der Waals surface area contributed by atoms with Crippen LogP contribution in [0.3, 0.4) is 0 Å². The van der Waals surface area contributed by atoms with Crippen LogP contribution < -0.4 is 14.4 Å². The van der Waals surface area contributed by atoms with Crippen LogP contribution >= 0.6 is 0 Å². The average molecular weight is 481 g/mol. The molecule has 6 nitrogen and oxygen atoms in total. The van der Waals surface area contributed by atoms with Gasteiger partial charge in [-0.3, -0.25) is 9.10 Å². The fourth-order valence-corrected chi connectivity index (χ4v) is 5.27. The highest BCUT2D eigenvalue weighted by molar-refractivity contribution is 7.92. The zero-order valence-electron chi connectivity index (χ0n) is 20.5. The predicted octanol–water partition coefficient (Wildman–Crippen LogP) is 5.00. The Morgan fingerprint density at radius 3 is 2.09 bits per heavy atom. The third kappa shape index (κ3) is 5.59.